The number of hydrogen-bond acceptors (Lipinski definition) is 1. The zero-order valence-corrected chi connectivity index (χ0v) is 13.4. The Hall–Kier alpha value is -2.90. The van der Waals surface area contributed by atoms with Crippen LogP contribution in [0.4, 0.5) is 30.7 Å². The van der Waals surface area contributed by atoms with Crippen LogP contribution in [-0.2, 0) is 12.4 Å². The normalized spacial score (nSPS) is 12.3. The van der Waals surface area contributed by atoms with Gasteiger partial charge in [-0.3, -0.25) is 0 Å². The summed E-state index contributed by atoms with van der Waals surface area (Å²) in [7, 11) is 0. The lowest BCUT2D eigenvalue weighted by Gasteiger charge is -2.10. The second-order valence-corrected chi connectivity index (χ2v) is 5.68. The van der Waals surface area contributed by atoms with E-state index in [0.717, 1.165) is 42.5 Å². The molecule has 0 saturated carbocycles. The van der Waals surface area contributed by atoms with E-state index in [0.29, 0.717) is 5.56 Å². The molecule has 0 unspecified atom stereocenters. The minimum absolute atomic E-state index is 0.120. The van der Waals surface area contributed by atoms with Crippen molar-refractivity contribution < 1.29 is 30.7 Å². The molecule has 0 bridgehead atoms. The summed E-state index contributed by atoms with van der Waals surface area (Å²) in [5, 5.41) is 0. The van der Waals surface area contributed by atoms with Crippen LogP contribution in [0.15, 0.2) is 60.7 Å². The van der Waals surface area contributed by atoms with Crippen molar-refractivity contribution in [3.8, 4) is 22.5 Å². The first-order chi connectivity index (χ1) is 12.6. The largest absolute Gasteiger partial charge is 0.416 e. The quantitative estimate of drug-likeness (QED) is 0.454. The van der Waals surface area contributed by atoms with Gasteiger partial charge in [-0.2, -0.15) is 26.3 Å². The third-order valence-corrected chi connectivity index (χ3v) is 3.84. The van der Waals surface area contributed by atoms with E-state index >= 15 is 0 Å². The first-order valence-corrected chi connectivity index (χ1v) is 7.57. The van der Waals surface area contributed by atoms with Crippen molar-refractivity contribution in [3.63, 3.8) is 0 Å². The van der Waals surface area contributed by atoms with Crippen molar-refractivity contribution in [3.05, 3.63) is 77.6 Å². The average Bonchev–Trinajstić information content (AvgIpc) is 2.61. The summed E-state index contributed by atoms with van der Waals surface area (Å²) < 4.78 is 89.9. The summed E-state index contributed by atoms with van der Waals surface area (Å²) in [6.45, 7) is 0. The van der Waals surface area contributed by atoms with Gasteiger partial charge in [0.25, 0.3) is 0 Å². The van der Waals surface area contributed by atoms with E-state index in [2.05, 4.69) is 4.98 Å². The van der Waals surface area contributed by atoms with Gasteiger partial charge in [0.1, 0.15) is 11.5 Å². The Morgan fingerprint density at radius 2 is 1.00 bits per heavy atom. The number of pyridine rings is 1. The number of aromatic nitrogens is 1. The van der Waals surface area contributed by atoms with E-state index in [1.807, 2.05) is 0 Å². The maximum Gasteiger partial charge on any atom is 0.416 e. The highest BCUT2D eigenvalue weighted by Gasteiger charge is 2.31. The monoisotopic (exact) mass is 385 g/mol. The molecule has 0 aliphatic carbocycles. The highest BCUT2D eigenvalue weighted by molar-refractivity contribution is 5.67. The van der Waals surface area contributed by atoms with Gasteiger partial charge in [0.15, 0.2) is 0 Å². The van der Waals surface area contributed by atoms with Crippen molar-refractivity contribution in [1.29, 1.82) is 0 Å². The lowest BCUT2D eigenvalue weighted by atomic mass is 10.0. The molecule has 8 heteroatoms. The minimum atomic E-state index is -4.52. The fourth-order valence-electron chi connectivity index (χ4n) is 2.45. The highest BCUT2D eigenvalue weighted by Crippen LogP contribution is 2.33. The van der Waals surface area contributed by atoms with Gasteiger partial charge in [-0.25, -0.2) is 9.37 Å². The number of nitrogens with zero attached hydrogens (tertiary/aromatic N) is 1. The van der Waals surface area contributed by atoms with Crippen LogP contribution in [0.2, 0.25) is 0 Å². The number of hydrogen-bond donors (Lipinski definition) is 0. The van der Waals surface area contributed by atoms with Gasteiger partial charge in [0.05, 0.1) is 16.8 Å². The van der Waals surface area contributed by atoms with E-state index in [-0.39, 0.29) is 17.0 Å². The number of alkyl halides is 6. The summed E-state index contributed by atoms with van der Waals surface area (Å²) in [5.74, 6) is -0.759. The second-order valence-electron chi connectivity index (χ2n) is 5.68. The van der Waals surface area contributed by atoms with Crippen molar-refractivity contribution in [1.82, 2.24) is 4.98 Å². The van der Waals surface area contributed by atoms with Crippen LogP contribution >= 0.6 is 0 Å². The van der Waals surface area contributed by atoms with Crippen molar-refractivity contribution >= 4 is 0 Å². The molecule has 1 nitrogen and oxygen atoms in total. The third-order valence-electron chi connectivity index (χ3n) is 3.84. The molecule has 0 aliphatic heterocycles. The third kappa shape index (κ3) is 4.10. The first kappa shape index (κ1) is 18.9. The van der Waals surface area contributed by atoms with Crippen LogP contribution in [0.1, 0.15) is 11.1 Å². The van der Waals surface area contributed by atoms with Crippen LogP contribution < -0.4 is 0 Å². The van der Waals surface area contributed by atoms with Gasteiger partial charge < -0.3 is 0 Å². The lowest BCUT2D eigenvalue weighted by molar-refractivity contribution is -0.138. The Morgan fingerprint density at radius 3 is 1.44 bits per heavy atom. The molecule has 2 aromatic carbocycles. The molecule has 1 aromatic heterocycles. The van der Waals surface area contributed by atoms with Gasteiger partial charge >= 0.3 is 12.4 Å². The van der Waals surface area contributed by atoms with Gasteiger partial charge in [-0.1, -0.05) is 24.3 Å². The van der Waals surface area contributed by atoms with Gasteiger partial charge in [0, 0.05) is 11.1 Å². The Morgan fingerprint density at radius 1 is 0.556 bits per heavy atom. The molecule has 0 N–H and O–H groups in total. The highest BCUT2D eigenvalue weighted by atomic mass is 19.4. The van der Waals surface area contributed by atoms with Gasteiger partial charge in [-0.15, -0.1) is 0 Å². The molecule has 0 spiro atoms. The second kappa shape index (κ2) is 6.68. The Kier molecular flexibility index (Phi) is 4.67. The molecule has 3 rings (SSSR count). The average molecular weight is 385 g/mol. The molecule has 140 valence electrons. The van der Waals surface area contributed by atoms with E-state index in [1.54, 1.807) is 0 Å². The molecule has 0 amide bonds. The SMILES string of the molecule is Fc1ccc(-c2ccc(C(F)(F)F)cc2)nc1-c1ccc(C(F)(F)F)cc1. The minimum Gasteiger partial charge on any atom is -0.245 e. The molecule has 0 aliphatic rings. The molecule has 0 atom stereocenters. The zero-order valence-electron chi connectivity index (χ0n) is 13.4. The molecule has 0 radical (unpaired) electrons. The summed E-state index contributed by atoms with van der Waals surface area (Å²) in [4.78, 5) is 4.06. The molecule has 0 saturated heterocycles. The maximum atomic E-state index is 14.1. The number of benzene rings is 2. The Bertz CT molecular complexity index is 940. The summed E-state index contributed by atoms with van der Waals surface area (Å²) in [5.41, 5.74) is -1.28. The maximum absolute atomic E-state index is 14.1. The van der Waals surface area contributed by atoms with E-state index in [4.69, 9.17) is 0 Å². The predicted octanol–water partition coefficient (Wildman–Crippen LogP) is 6.59. The number of rotatable bonds is 2. The van der Waals surface area contributed by atoms with Gasteiger partial charge in [-0.05, 0) is 36.4 Å². The summed E-state index contributed by atoms with van der Waals surface area (Å²) >= 11 is 0. The number of halogens is 7. The van der Waals surface area contributed by atoms with E-state index in [9.17, 15) is 30.7 Å². The molecular weight excluding hydrogens is 375 g/mol. The molecular formula is C19H10F7N. The molecule has 3 aromatic rings. The van der Waals surface area contributed by atoms with Gasteiger partial charge in [0.2, 0.25) is 0 Å². The van der Waals surface area contributed by atoms with Crippen molar-refractivity contribution in [2.75, 3.05) is 0 Å². The topological polar surface area (TPSA) is 12.9 Å². The predicted molar refractivity (Wildman–Crippen MR) is 85.1 cm³/mol. The van der Waals surface area contributed by atoms with Crippen molar-refractivity contribution in [2.45, 2.75) is 12.4 Å². The van der Waals surface area contributed by atoms with E-state index in [1.165, 1.54) is 18.2 Å². The van der Waals surface area contributed by atoms with Crippen LogP contribution in [0.3, 0.4) is 0 Å². The van der Waals surface area contributed by atoms with Crippen molar-refractivity contribution in [2.24, 2.45) is 0 Å². The van der Waals surface area contributed by atoms with Crippen LogP contribution in [-0.4, -0.2) is 4.98 Å². The summed E-state index contributed by atoms with van der Waals surface area (Å²) in [6.07, 6.45) is -9.01. The Balaban J connectivity index is 1.97. The first-order valence-electron chi connectivity index (χ1n) is 7.57. The van der Waals surface area contributed by atoms with Crippen LogP contribution in [0, 0.1) is 5.82 Å². The summed E-state index contributed by atoms with van der Waals surface area (Å²) in [6, 6.07) is 10.3. The fraction of sp³-hybridized carbons (Fsp3) is 0.105. The Labute approximate surface area is 149 Å². The van der Waals surface area contributed by atoms with Crippen LogP contribution in [0.25, 0.3) is 22.5 Å². The lowest BCUT2D eigenvalue weighted by Crippen LogP contribution is -2.04. The standard InChI is InChI=1S/C19H10F7N/c20-15-9-10-16(11-1-5-13(6-2-11)18(21,22)23)27-17(15)12-3-7-14(8-4-12)19(24,25)26/h1-10H. The fourth-order valence-corrected chi connectivity index (χ4v) is 2.45. The molecule has 1 heterocycles. The smallest absolute Gasteiger partial charge is 0.245 e. The van der Waals surface area contributed by atoms with Crippen LogP contribution in [0.5, 0.6) is 0 Å². The molecule has 27 heavy (non-hydrogen) atoms. The zero-order chi connectivity index (χ0) is 19.8. The van der Waals surface area contributed by atoms with E-state index < -0.39 is 29.3 Å². The molecule has 0 fully saturated rings.